The van der Waals surface area contributed by atoms with Crippen molar-refractivity contribution in [1.29, 1.82) is 0 Å². The molecule has 36 heavy (non-hydrogen) atoms. The summed E-state index contributed by atoms with van der Waals surface area (Å²) in [7, 11) is 0. The van der Waals surface area contributed by atoms with E-state index in [4.69, 9.17) is 0 Å². The first kappa shape index (κ1) is 31.9. The lowest BCUT2D eigenvalue weighted by Gasteiger charge is -2.33. The van der Waals surface area contributed by atoms with E-state index in [1.165, 1.54) is 0 Å². The molecule has 0 aliphatic carbocycles. The van der Waals surface area contributed by atoms with Gasteiger partial charge in [0.25, 0.3) is 0 Å². The van der Waals surface area contributed by atoms with Gasteiger partial charge in [0, 0.05) is 58.2 Å². The van der Waals surface area contributed by atoms with E-state index in [0.717, 1.165) is 24.3 Å². The summed E-state index contributed by atoms with van der Waals surface area (Å²) in [6, 6.07) is 0. The van der Waals surface area contributed by atoms with Crippen LogP contribution in [0.25, 0.3) is 0 Å². The van der Waals surface area contributed by atoms with Gasteiger partial charge in [0.05, 0.1) is 5.54 Å². The zero-order valence-electron chi connectivity index (χ0n) is 20.4. The van der Waals surface area contributed by atoms with Gasteiger partial charge in [-0.15, -0.1) is 0 Å². The van der Waals surface area contributed by atoms with Crippen molar-refractivity contribution in [3.63, 3.8) is 0 Å². The van der Waals surface area contributed by atoms with Crippen molar-refractivity contribution in [3.05, 3.63) is 50.6 Å². The van der Waals surface area contributed by atoms with Gasteiger partial charge in [0.15, 0.2) is 0 Å². The van der Waals surface area contributed by atoms with Crippen LogP contribution in [-0.2, 0) is 33.6 Å². The Balaban J connectivity index is 5.68. The second-order valence-electron chi connectivity index (χ2n) is 7.86. The summed E-state index contributed by atoms with van der Waals surface area (Å²) in [6.45, 7) is 13.3. The highest BCUT2D eigenvalue weighted by atomic mass is 16.2. The van der Waals surface area contributed by atoms with Gasteiger partial charge in [0.2, 0.25) is 23.6 Å². The van der Waals surface area contributed by atoms with E-state index in [1.807, 2.05) is 0 Å². The summed E-state index contributed by atoms with van der Waals surface area (Å²) in [5.41, 5.74) is -1.57. The van der Waals surface area contributed by atoms with Crippen LogP contribution in [0.2, 0.25) is 0 Å². The molecule has 0 fully saturated rings. The van der Waals surface area contributed by atoms with Gasteiger partial charge >= 0.3 is 0 Å². The fourth-order valence-corrected chi connectivity index (χ4v) is 3.22. The monoisotopic (exact) mass is 502 g/mol. The molecule has 11 nitrogen and oxygen atoms in total. The predicted octanol–water partition coefficient (Wildman–Crippen LogP) is -0.0181. The fraction of sp³-hybridized carbons (Fsp3) is 0.400. The van der Waals surface area contributed by atoms with Gasteiger partial charge in [-0.2, -0.15) is 0 Å². The number of carbonyl (C=O) groups excluding carboxylic acids is 7. The number of carbonyl (C=O) groups is 7. The Morgan fingerprint density at radius 2 is 0.778 bits per heavy atom. The smallest absolute Gasteiger partial charge is 0.243 e. The molecule has 0 spiro atoms. The van der Waals surface area contributed by atoms with E-state index in [-0.39, 0.29) is 58.2 Å². The maximum absolute atomic E-state index is 12.7. The van der Waals surface area contributed by atoms with E-state index < -0.39 is 46.5 Å². The van der Waals surface area contributed by atoms with Crippen LogP contribution >= 0.6 is 0 Å². The van der Waals surface area contributed by atoms with Crippen molar-refractivity contribution in [3.8, 4) is 0 Å². The molecule has 0 atom stereocenters. The van der Waals surface area contributed by atoms with Crippen molar-refractivity contribution in [2.45, 2.75) is 44.1 Å². The molecule has 0 aliphatic rings. The van der Waals surface area contributed by atoms with Crippen LogP contribution in [0, 0.1) is 0 Å². The van der Waals surface area contributed by atoms with Crippen molar-refractivity contribution in [1.82, 2.24) is 21.3 Å². The highest BCUT2D eigenvalue weighted by Crippen LogP contribution is 2.24. The van der Waals surface area contributed by atoms with Crippen molar-refractivity contribution >= 4 is 41.0 Å². The molecular formula is C25H34N4O7. The third kappa shape index (κ3) is 14.2. The number of rotatable bonds is 20. The Kier molecular flexibility index (Phi) is 15.3. The lowest BCUT2D eigenvalue weighted by molar-refractivity contribution is -0.127. The molecule has 0 unspecified atom stereocenters. The molecule has 0 heterocycles. The van der Waals surface area contributed by atoms with Crippen LogP contribution in [-0.4, -0.2) is 66.2 Å². The topological polar surface area (TPSA) is 168 Å². The molecule has 0 saturated heterocycles. The van der Waals surface area contributed by atoms with E-state index >= 15 is 0 Å². The zero-order chi connectivity index (χ0) is 27.6. The number of amides is 4. The van der Waals surface area contributed by atoms with E-state index in [0.29, 0.717) is 0 Å². The minimum absolute atomic E-state index is 0.00175. The standard InChI is InChI=1S/C25H34N4O7/c1-5-21(33)26-12-9-18(30)15-25(29-24(36)8-4,16-19(31)10-13-27-22(34)6-2)17-20(32)11-14-28-23(35)7-3/h5-8H,1-4,9-17H2,(H,26,33)(H,27,34)(H,28,35)(H,29,36). The molecular weight excluding hydrogens is 468 g/mol. The van der Waals surface area contributed by atoms with Gasteiger partial charge in [-0.1, -0.05) is 26.3 Å². The number of hydrogen-bond acceptors (Lipinski definition) is 7. The summed E-state index contributed by atoms with van der Waals surface area (Å²) in [5, 5.41) is 9.95. The van der Waals surface area contributed by atoms with Crippen LogP contribution in [0.1, 0.15) is 38.5 Å². The number of ketones is 3. The van der Waals surface area contributed by atoms with E-state index in [1.54, 1.807) is 0 Å². The largest absolute Gasteiger partial charge is 0.352 e. The molecule has 4 amide bonds. The van der Waals surface area contributed by atoms with Crippen molar-refractivity contribution in [2.75, 3.05) is 19.6 Å². The summed E-state index contributed by atoms with van der Waals surface area (Å²) < 4.78 is 0. The Bertz CT molecular complexity index is 810. The van der Waals surface area contributed by atoms with Crippen LogP contribution < -0.4 is 21.3 Å². The lowest BCUT2D eigenvalue weighted by atomic mass is 9.81. The Labute approximate surface area is 210 Å². The minimum Gasteiger partial charge on any atom is -0.352 e. The average Bonchev–Trinajstić information content (AvgIpc) is 2.82. The maximum Gasteiger partial charge on any atom is 0.243 e. The third-order valence-corrected chi connectivity index (χ3v) is 4.85. The SMILES string of the molecule is C=CC(=O)NCCC(=O)CC(CC(=O)CCNC(=O)C=C)(CC(=O)CCNC(=O)C=C)NC(=O)C=C. The summed E-state index contributed by atoms with van der Waals surface area (Å²) in [4.78, 5) is 84.4. The normalized spacial score (nSPS) is 10.2. The van der Waals surface area contributed by atoms with Crippen LogP contribution in [0.15, 0.2) is 50.6 Å². The van der Waals surface area contributed by atoms with Crippen LogP contribution in [0.3, 0.4) is 0 Å². The van der Waals surface area contributed by atoms with Crippen molar-refractivity contribution < 1.29 is 33.6 Å². The number of hydrogen-bond donors (Lipinski definition) is 4. The molecule has 196 valence electrons. The van der Waals surface area contributed by atoms with Gasteiger partial charge in [-0.05, 0) is 24.3 Å². The number of Topliss-reactive ketones (excluding diaryl/α,β-unsaturated/α-hetero) is 3. The summed E-state index contributed by atoms with van der Waals surface area (Å²) in [5.74, 6) is -3.34. The Hall–Kier alpha value is -4.15. The molecule has 0 aromatic rings. The molecule has 0 bridgehead atoms. The predicted molar refractivity (Wildman–Crippen MR) is 133 cm³/mol. The molecule has 11 heteroatoms. The highest BCUT2D eigenvalue weighted by molar-refractivity contribution is 5.93. The molecule has 0 aromatic carbocycles. The second-order valence-corrected chi connectivity index (χ2v) is 7.86. The Morgan fingerprint density at radius 1 is 0.500 bits per heavy atom. The maximum atomic E-state index is 12.7. The summed E-state index contributed by atoms with van der Waals surface area (Å²) in [6.07, 6.45) is 2.65. The minimum atomic E-state index is -1.57. The van der Waals surface area contributed by atoms with Gasteiger partial charge in [0.1, 0.15) is 17.3 Å². The first-order valence-electron chi connectivity index (χ1n) is 11.2. The molecule has 0 radical (unpaired) electrons. The van der Waals surface area contributed by atoms with Gasteiger partial charge in [-0.3, -0.25) is 33.6 Å². The van der Waals surface area contributed by atoms with E-state index in [9.17, 15) is 33.6 Å². The summed E-state index contributed by atoms with van der Waals surface area (Å²) >= 11 is 0. The van der Waals surface area contributed by atoms with Crippen LogP contribution in [0.4, 0.5) is 0 Å². The zero-order valence-corrected chi connectivity index (χ0v) is 20.4. The third-order valence-electron chi connectivity index (χ3n) is 4.85. The highest BCUT2D eigenvalue weighted by Gasteiger charge is 2.38. The van der Waals surface area contributed by atoms with Gasteiger partial charge < -0.3 is 21.3 Å². The molecule has 0 saturated carbocycles. The first-order chi connectivity index (χ1) is 17.0. The fourth-order valence-electron chi connectivity index (χ4n) is 3.22. The number of nitrogens with one attached hydrogen (secondary N) is 4. The Morgan fingerprint density at radius 3 is 1.03 bits per heavy atom. The molecule has 0 rings (SSSR count). The van der Waals surface area contributed by atoms with E-state index in [2.05, 4.69) is 47.6 Å². The first-order valence-corrected chi connectivity index (χ1v) is 11.2. The second kappa shape index (κ2) is 17.3. The average molecular weight is 503 g/mol. The molecule has 0 aromatic heterocycles. The molecule has 0 aliphatic heterocycles. The molecule has 4 N–H and O–H groups in total. The van der Waals surface area contributed by atoms with Gasteiger partial charge in [-0.25, -0.2) is 0 Å². The van der Waals surface area contributed by atoms with Crippen LogP contribution in [0.5, 0.6) is 0 Å². The lowest BCUT2D eigenvalue weighted by Crippen LogP contribution is -2.52. The van der Waals surface area contributed by atoms with Crippen molar-refractivity contribution in [2.24, 2.45) is 0 Å². The quantitative estimate of drug-likeness (QED) is 0.170.